The molecule has 0 bridgehead atoms. The molecule has 3 amide bonds. The van der Waals surface area contributed by atoms with E-state index in [9.17, 15) is 9.59 Å². The van der Waals surface area contributed by atoms with Gasteiger partial charge in [-0.2, -0.15) is 0 Å². The summed E-state index contributed by atoms with van der Waals surface area (Å²) in [7, 11) is 1.80. The van der Waals surface area contributed by atoms with Gasteiger partial charge in [-0.05, 0) is 17.9 Å². The van der Waals surface area contributed by atoms with E-state index < -0.39 is 0 Å². The maximum Gasteiger partial charge on any atom is 0.327 e. The molecular formula is C20H29N5O2. The molecule has 4 rings (SSSR count). The van der Waals surface area contributed by atoms with Crippen molar-refractivity contribution in [2.24, 2.45) is 5.92 Å². The van der Waals surface area contributed by atoms with Gasteiger partial charge in [0.05, 0.1) is 0 Å². The molecule has 3 aliphatic heterocycles. The molecule has 0 saturated carbocycles. The van der Waals surface area contributed by atoms with Crippen LogP contribution in [0.2, 0.25) is 0 Å². The lowest BCUT2D eigenvalue weighted by atomic mass is 10.0. The molecule has 1 aromatic rings. The molecule has 0 aliphatic carbocycles. The molecule has 7 nitrogen and oxygen atoms in total. The largest absolute Gasteiger partial charge is 0.327 e. The summed E-state index contributed by atoms with van der Waals surface area (Å²) < 4.78 is 0. The van der Waals surface area contributed by atoms with E-state index >= 15 is 0 Å². The maximum atomic E-state index is 13.2. The Balaban J connectivity index is 1.61. The van der Waals surface area contributed by atoms with Crippen LogP contribution in [-0.4, -0.2) is 76.7 Å². The molecule has 146 valence electrons. The minimum atomic E-state index is -0.315. The highest BCUT2D eigenvalue weighted by Crippen LogP contribution is 2.32. The van der Waals surface area contributed by atoms with Gasteiger partial charge in [-0.1, -0.05) is 44.2 Å². The number of carbonyl (C=O) groups is 2. The first-order chi connectivity index (χ1) is 13.0. The number of imide groups is 1. The van der Waals surface area contributed by atoms with Crippen LogP contribution in [0.5, 0.6) is 0 Å². The number of hydrogen-bond acceptors (Lipinski definition) is 5. The van der Waals surface area contributed by atoms with Gasteiger partial charge in [0.2, 0.25) is 0 Å². The average molecular weight is 371 g/mol. The Kier molecular flexibility index (Phi) is 4.92. The Morgan fingerprint density at radius 3 is 2.59 bits per heavy atom. The minimum Gasteiger partial charge on any atom is -0.310 e. The topological polar surface area (TPSA) is 59.1 Å². The van der Waals surface area contributed by atoms with Crippen molar-refractivity contribution in [2.75, 3.05) is 26.7 Å². The molecule has 7 heteroatoms. The standard InChI is InChI=1S/C20H29N5O2/c1-4-10-24-18(26)16-17(22(3)20(24)27)21-19-23(11-14(2)12-25(16)19)13-15-8-6-5-7-9-15/h5-9,14,16-17,19,21H,4,10-13H2,1-3H3. The zero-order chi connectivity index (χ0) is 19.1. The second kappa shape index (κ2) is 7.22. The number of fused-ring (bicyclic) bond motifs is 3. The quantitative estimate of drug-likeness (QED) is 0.865. The fourth-order valence-corrected chi connectivity index (χ4v) is 4.68. The molecule has 1 aromatic carbocycles. The highest BCUT2D eigenvalue weighted by atomic mass is 16.2. The molecule has 0 spiro atoms. The van der Waals surface area contributed by atoms with Gasteiger partial charge in [0.1, 0.15) is 18.5 Å². The summed E-state index contributed by atoms with van der Waals surface area (Å²) in [6.45, 7) is 7.35. The summed E-state index contributed by atoms with van der Waals surface area (Å²) in [6, 6.07) is 9.90. The van der Waals surface area contributed by atoms with Gasteiger partial charge in [-0.15, -0.1) is 0 Å². The Bertz CT molecular complexity index is 712. The highest BCUT2D eigenvalue weighted by molar-refractivity contribution is 6.00. The lowest BCUT2D eigenvalue weighted by molar-refractivity contribution is -0.140. The summed E-state index contributed by atoms with van der Waals surface area (Å²) in [4.78, 5) is 33.6. The van der Waals surface area contributed by atoms with E-state index in [1.807, 2.05) is 13.0 Å². The number of likely N-dealkylation sites (N-methyl/N-ethyl adjacent to an activating group) is 1. The number of rotatable bonds is 4. The van der Waals surface area contributed by atoms with Crippen LogP contribution in [-0.2, 0) is 11.3 Å². The molecule has 4 unspecified atom stereocenters. The van der Waals surface area contributed by atoms with Crippen molar-refractivity contribution in [3.05, 3.63) is 35.9 Å². The molecular weight excluding hydrogens is 342 g/mol. The van der Waals surface area contributed by atoms with Gasteiger partial charge in [-0.25, -0.2) is 4.79 Å². The predicted molar refractivity (Wildman–Crippen MR) is 102 cm³/mol. The number of nitrogens with one attached hydrogen (secondary N) is 1. The first-order valence-corrected chi connectivity index (χ1v) is 9.89. The number of hydrogen-bond donors (Lipinski definition) is 1. The summed E-state index contributed by atoms with van der Waals surface area (Å²) in [6.07, 6.45) is 0.472. The monoisotopic (exact) mass is 371 g/mol. The molecule has 3 fully saturated rings. The smallest absolute Gasteiger partial charge is 0.310 e. The van der Waals surface area contributed by atoms with E-state index in [1.54, 1.807) is 11.9 Å². The van der Waals surface area contributed by atoms with Gasteiger partial charge in [0.15, 0.2) is 0 Å². The molecule has 27 heavy (non-hydrogen) atoms. The van der Waals surface area contributed by atoms with Crippen molar-refractivity contribution in [1.29, 1.82) is 0 Å². The summed E-state index contributed by atoms with van der Waals surface area (Å²) in [5, 5.41) is 3.57. The minimum absolute atomic E-state index is 0.0304. The number of amides is 3. The first-order valence-electron chi connectivity index (χ1n) is 9.89. The number of benzene rings is 1. The second-order valence-corrected chi connectivity index (χ2v) is 8.03. The fourth-order valence-electron chi connectivity index (χ4n) is 4.68. The molecule has 4 atom stereocenters. The van der Waals surface area contributed by atoms with Gasteiger partial charge >= 0.3 is 6.03 Å². The third-order valence-corrected chi connectivity index (χ3v) is 5.85. The van der Waals surface area contributed by atoms with Gasteiger partial charge < -0.3 is 4.90 Å². The van der Waals surface area contributed by atoms with Crippen molar-refractivity contribution in [1.82, 2.24) is 24.9 Å². The zero-order valence-corrected chi connectivity index (χ0v) is 16.3. The van der Waals surface area contributed by atoms with E-state index in [1.165, 1.54) is 10.5 Å². The Morgan fingerprint density at radius 2 is 1.89 bits per heavy atom. The zero-order valence-electron chi connectivity index (χ0n) is 16.3. The average Bonchev–Trinajstić information content (AvgIpc) is 3.04. The van der Waals surface area contributed by atoms with E-state index in [4.69, 9.17) is 0 Å². The second-order valence-electron chi connectivity index (χ2n) is 8.03. The first kappa shape index (κ1) is 18.4. The number of urea groups is 1. The van der Waals surface area contributed by atoms with Crippen LogP contribution in [0.1, 0.15) is 25.8 Å². The summed E-state index contributed by atoms with van der Waals surface area (Å²) in [5.74, 6) is 0.398. The Labute approximate surface area is 160 Å². The number of nitrogens with zero attached hydrogens (tertiary/aromatic N) is 4. The van der Waals surface area contributed by atoms with Crippen LogP contribution >= 0.6 is 0 Å². The maximum absolute atomic E-state index is 13.2. The molecule has 0 aromatic heterocycles. The fraction of sp³-hybridized carbons (Fsp3) is 0.600. The SMILES string of the molecule is CCCN1C(=O)C2C(NC3N(Cc4ccccc4)CC(C)CN23)N(C)C1=O. The van der Waals surface area contributed by atoms with E-state index in [0.29, 0.717) is 12.5 Å². The van der Waals surface area contributed by atoms with Crippen molar-refractivity contribution < 1.29 is 9.59 Å². The van der Waals surface area contributed by atoms with Crippen LogP contribution in [0.25, 0.3) is 0 Å². The molecule has 3 heterocycles. The van der Waals surface area contributed by atoms with E-state index in [0.717, 1.165) is 26.1 Å². The van der Waals surface area contributed by atoms with Gasteiger partial charge in [0, 0.05) is 33.2 Å². The molecule has 3 aliphatic rings. The molecule has 3 saturated heterocycles. The summed E-state index contributed by atoms with van der Waals surface area (Å²) in [5.41, 5.74) is 1.26. The third kappa shape index (κ3) is 3.13. The van der Waals surface area contributed by atoms with Crippen LogP contribution in [0.15, 0.2) is 30.3 Å². The number of carbonyl (C=O) groups excluding carboxylic acids is 2. The lowest BCUT2D eigenvalue weighted by Gasteiger charge is -2.45. The van der Waals surface area contributed by atoms with E-state index in [-0.39, 0.29) is 30.4 Å². The molecule has 1 N–H and O–H groups in total. The predicted octanol–water partition coefficient (Wildman–Crippen LogP) is 1.33. The third-order valence-electron chi connectivity index (χ3n) is 5.85. The Hall–Kier alpha value is -1.96. The van der Waals surface area contributed by atoms with Crippen molar-refractivity contribution in [2.45, 2.75) is 45.3 Å². The van der Waals surface area contributed by atoms with Crippen LogP contribution in [0, 0.1) is 5.92 Å². The van der Waals surface area contributed by atoms with Crippen molar-refractivity contribution in [3.63, 3.8) is 0 Å². The lowest BCUT2D eigenvalue weighted by Crippen LogP contribution is -2.66. The molecule has 0 radical (unpaired) electrons. The normalized spacial score (nSPS) is 32.0. The van der Waals surface area contributed by atoms with Gasteiger partial charge in [0.25, 0.3) is 5.91 Å². The van der Waals surface area contributed by atoms with Crippen molar-refractivity contribution >= 4 is 11.9 Å². The van der Waals surface area contributed by atoms with Crippen LogP contribution in [0.3, 0.4) is 0 Å². The van der Waals surface area contributed by atoms with Crippen LogP contribution in [0.4, 0.5) is 4.79 Å². The van der Waals surface area contributed by atoms with Crippen molar-refractivity contribution in [3.8, 4) is 0 Å². The highest BCUT2D eigenvalue weighted by Gasteiger charge is 2.56. The van der Waals surface area contributed by atoms with Crippen LogP contribution < -0.4 is 5.32 Å². The van der Waals surface area contributed by atoms with Gasteiger partial charge in [-0.3, -0.25) is 24.8 Å². The summed E-state index contributed by atoms with van der Waals surface area (Å²) >= 11 is 0. The Morgan fingerprint density at radius 1 is 1.15 bits per heavy atom. The van der Waals surface area contributed by atoms with E-state index in [2.05, 4.69) is 46.3 Å².